The minimum absolute atomic E-state index is 0.0114. The number of hydrogen-bond acceptors (Lipinski definition) is 3. The molecule has 2 rings (SSSR count). The van der Waals surface area contributed by atoms with E-state index in [0.717, 1.165) is 17.0 Å². The fourth-order valence-electron chi connectivity index (χ4n) is 1.42. The predicted molar refractivity (Wildman–Crippen MR) is 58.2 cm³/mol. The van der Waals surface area contributed by atoms with Gasteiger partial charge >= 0.3 is 0 Å². The SMILES string of the molecule is Cc1cc2nc(C(C)CO)cc(Cl)n2n1. The number of hydrogen-bond donors (Lipinski definition) is 1. The topological polar surface area (TPSA) is 50.4 Å². The summed E-state index contributed by atoms with van der Waals surface area (Å²) in [6.45, 7) is 3.85. The maximum absolute atomic E-state index is 9.05. The van der Waals surface area contributed by atoms with Crippen molar-refractivity contribution in [3.63, 3.8) is 0 Å². The Morgan fingerprint density at radius 1 is 1.53 bits per heavy atom. The first-order chi connectivity index (χ1) is 7.11. The quantitative estimate of drug-likeness (QED) is 0.793. The third-order valence-corrected chi connectivity index (χ3v) is 2.57. The Morgan fingerprint density at radius 3 is 2.93 bits per heavy atom. The van der Waals surface area contributed by atoms with Crippen LogP contribution in [0.4, 0.5) is 0 Å². The van der Waals surface area contributed by atoms with Gasteiger partial charge in [0.05, 0.1) is 18.0 Å². The number of aromatic nitrogens is 3. The number of rotatable bonds is 2. The lowest BCUT2D eigenvalue weighted by atomic mass is 10.1. The zero-order valence-corrected chi connectivity index (χ0v) is 9.36. The molecule has 0 bridgehead atoms. The standard InChI is InChI=1S/C10H12ClN3O/c1-6(5-15)8-4-9(11)14-10(12-8)3-7(2)13-14/h3-4,6,15H,5H2,1-2H3. The lowest BCUT2D eigenvalue weighted by Gasteiger charge is -2.08. The van der Waals surface area contributed by atoms with Crippen LogP contribution in [0, 0.1) is 6.92 Å². The fourth-order valence-corrected chi connectivity index (χ4v) is 1.65. The van der Waals surface area contributed by atoms with E-state index in [1.54, 1.807) is 10.6 Å². The zero-order valence-electron chi connectivity index (χ0n) is 8.61. The third-order valence-electron chi connectivity index (χ3n) is 2.30. The van der Waals surface area contributed by atoms with Crippen LogP contribution in [0.2, 0.25) is 5.15 Å². The molecule has 0 aliphatic heterocycles. The minimum atomic E-state index is -0.0114. The van der Waals surface area contributed by atoms with Crippen molar-refractivity contribution in [1.82, 2.24) is 14.6 Å². The molecule has 0 fully saturated rings. The van der Waals surface area contributed by atoms with Crippen molar-refractivity contribution in [1.29, 1.82) is 0 Å². The maximum Gasteiger partial charge on any atom is 0.157 e. The molecule has 1 unspecified atom stereocenters. The normalized spacial score (nSPS) is 13.3. The summed E-state index contributed by atoms with van der Waals surface area (Å²) in [5, 5.41) is 13.8. The Bertz CT molecular complexity index is 495. The molecule has 5 heteroatoms. The second-order valence-corrected chi connectivity index (χ2v) is 4.03. The molecule has 0 radical (unpaired) electrons. The highest BCUT2D eigenvalue weighted by molar-refractivity contribution is 6.29. The molecular formula is C10H12ClN3O. The molecule has 0 aliphatic carbocycles. The lowest BCUT2D eigenvalue weighted by Crippen LogP contribution is -2.04. The molecule has 2 aromatic rings. The van der Waals surface area contributed by atoms with Gasteiger partial charge in [-0.25, -0.2) is 9.50 Å². The molecule has 0 amide bonds. The molecule has 0 aromatic carbocycles. The number of halogens is 1. The molecular weight excluding hydrogens is 214 g/mol. The summed E-state index contributed by atoms with van der Waals surface area (Å²) in [5.74, 6) is -0.0114. The first-order valence-corrected chi connectivity index (χ1v) is 5.13. The van der Waals surface area contributed by atoms with Gasteiger partial charge in [0.2, 0.25) is 0 Å². The molecule has 0 saturated carbocycles. The summed E-state index contributed by atoms with van der Waals surface area (Å²) in [7, 11) is 0. The third kappa shape index (κ3) is 1.82. The number of aliphatic hydroxyl groups is 1. The Labute approximate surface area is 92.5 Å². The van der Waals surface area contributed by atoms with Crippen LogP contribution in [-0.2, 0) is 0 Å². The zero-order chi connectivity index (χ0) is 11.0. The Morgan fingerprint density at radius 2 is 2.27 bits per heavy atom. The van der Waals surface area contributed by atoms with E-state index >= 15 is 0 Å². The molecule has 0 saturated heterocycles. The van der Waals surface area contributed by atoms with Crippen LogP contribution < -0.4 is 0 Å². The largest absolute Gasteiger partial charge is 0.396 e. The van der Waals surface area contributed by atoms with Gasteiger partial charge in [-0.1, -0.05) is 18.5 Å². The van der Waals surface area contributed by atoms with E-state index in [0.29, 0.717) is 5.15 Å². The van der Waals surface area contributed by atoms with Crippen LogP contribution in [0.15, 0.2) is 12.1 Å². The van der Waals surface area contributed by atoms with Crippen molar-refractivity contribution in [2.45, 2.75) is 19.8 Å². The summed E-state index contributed by atoms with van der Waals surface area (Å²) in [6, 6.07) is 3.60. The molecule has 2 heterocycles. The minimum Gasteiger partial charge on any atom is -0.396 e. The summed E-state index contributed by atoms with van der Waals surface area (Å²) in [5.41, 5.74) is 2.38. The van der Waals surface area contributed by atoms with Crippen LogP contribution in [0.5, 0.6) is 0 Å². The molecule has 1 atom stereocenters. The van der Waals surface area contributed by atoms with Crippen molar-refractivity contribution < 1.29 is 5.11 Å². The Hall–Kier alpha value is -1.13. The molecule has 1 N–H and O–H groups in total. The fraction of sp³-hybridized carbons (Fsp3) is 0.400. The number of aryl methyl sites for hydroxylation is 1. The molecule has 0 spiro atoms. The van der Waals surface area contributed by atoms with Crippen molar-refractivity contribution >= 4 is 17.2 Å². The molecule has 2 aromatic heterocycles. The number of fused-ring (bicyclic) bond motifs is 1. The first-order valence-electron chi connectivity index (χ1n) is 4.75. The Balaban J connectivity index is 2.61. The highest BCUT2D eigenvalue weighted by Crippen LogP contribution is 2.19. The average molecular weight is 226 g/mol. The van der Waals surface area contributed by atoms with Gasteiger partial charge in [0, 0.05) is 12.0 Å². The molecule has 80 valence electrons. The smallest absolute Gasteiger partial charge is 0.157 e. The van der Waals surface area contributed by atoms with Crippen LogP contribution in [-0.4, -0.2) is 26.3 Å². The van der Waals surface area contributed by atoms with Crippen LogP contribution in [0.25, 0.3) is 5.65 Å². The highest BCUT2D eigenvalue weighted by atomic mass is 35.5. The second-order valence-electron chi connectivity index (χ2n) is 3.64. The van der Waals surface area contributed by atoms with Crippen molar-refractivity contribution in [3.05, 3.63) is 28.7 Å². The summed E-state index contributed by atoms with van der Waals surface area (Å²) >= 11 is 6.06. The summed E-state index contributed by atoms with van der Waals surface area (Å²) in [6.07, 6.45) is 0. The van der Waals surface area contributed by atoms with Crippen LogP contribution in [0.3, 0.4) is 0 Å². The first kappa shape index (κ1) is 10.4. The monoisotopic (exact) mass is 225 g/mol. The van der Waals surface area contributed by atoms with Gasteiger partial charge in [-0.3, -0.25) is 0 Å². The maximum atomic E-state index is 9.05. The van der Waals surface area contributed by atoms with E-state index in [2.05, 4.69) is 10.1 Å². The van der Waals surface area contributed by atoms with Crippen LogP contribution in [0.1, 0.15) is 24.2 Å². The van der Waals surface area contributed by atoms with E-state index in [1.165, 1.54) is 0 Å². The van der Waals surface area contributed by atoms with Crippen molar-refractivity contribution in [2.24, 2.45) is 0 Å². The van der Waals surface area contributed by atoms with Gasteiger partial charge < -0.3 is 5.11 Å². The second kappa shape index (κ2) is 3.79. The van der Waals surface area contributed by atoms with Gasteiger partial charge in [0.25, 0.3) is 0 Å². The summed E-state index contributed by atoms with van der Waals surface area (Å²) in [4.78, 5) is 4.38. The van der Waals surface area contributed by atoms with Gasteiger partial charge in [0.15, 0.2) is 5.65 Å². The molecule has 0 aliphatic rings. The van der Waals surface area contributed by atoms with Crippen molar-refractivity contribution in [2.75, 3.05) is 6.61 Å². The van der Waals surface area contributed by atoms with Gasteiger partial charge in [-0.2, -0.15) is 5.10 Å². The average Bonchev–Trinajstić information content (AvgIpc) is 2.58. The lowest BCUT2D eigenvalue weighted by molar-refractivity contribution is 0.271. The highest BCUT2D eigenvalue weighted by Gasteiger charge is 2.10. The van der Waals surface area contributed by atoms with E-state index in [9.17, 15) is 0 Å². The molecule has 4 nitrogen and oxygen atoms in total. The van der Waals surface area contributed by atoms with E-state index in [1.807, 2.05) is 19.9 Å². The predicted octanol–water partition coefficient (Wildman–Crippen LogP) is 1.79. The van der Waals surface area contributed by atoms with Gasteiger partial charge in [-0.15, -0.1) is 0 Å². The van der Waals surface area contributed by atoms with Gasteiger partial charge in [-0.05, 0) is 13.0 Å². The van der Waals surface area contributed by atoms with E-state index < -0.39 is 0 Å². The van der Waals surface area contributed by atoms with Crippen LogP contribution >= 0.6 is 11.6 Å². The van der Waals surface area contributed by atoms with E-state index in [-0.39, 0.29) is 12.5 Å². The summed E-state index contributed by atoms with van der Waals surface area (Å²) < 4.78 is 1.59. The molecule has 15 heavy (non-hydrogen) atoms. The Kier molecular flexibility index (Phi) is 2.63. The van der Waals surface area contributed by atoms with Gasteiger partial charge in [0.1, 0.15) is 5.15 Å². The van der Waals surface area contributed by atoms with E-state index in [4.69, 9.17) is 16.7 Å². The number of nitrogens with zero attached hydrogens (tertiary/aromatic N) is 3. The number of aliphatic hydroxyl groups excluding tert-OH is 1. The van der Waals surface area contributed by atoms with Crippen molar-refractivity contribution in [3.8, 4) is 0 Å².